The third-order valence-corrected chi connectivity index (χ3v) is 6.22. The molecule has 0 radical (unpaired) electrons. The van der Waals surface area contributed by atoms with Gasteiger partial charge in [-0.05, 0) is 45.3 Å². The Hall–Kier alpha value is -2.75. The van der Waals surface area contributed by atoms with E-state index in [1.165, 1.54) is 32.8 Å². The number of hydrogen-bond acceptors (Lipinski definition) is 3. The lowest BCUT2D eigenvalue weighted by Gasteiger charge is -2.47. The lowest BCUT2D eigenvalue weighted by Crippen LogP contribution is -2.59. The molecular weight excluding hydrogens is 354 g/mol. The van der Waals surface area contributed by atoms with Crippen molar-refractivity contribution in [1.29, 1.82) is 0 Å². The standard InChI is InChI=1S/C26H27N3/c1-26(25-12-6-7-13-28-25)18-29(19-26)15-14-27-17-24-22-10-4-2-8-20(22)16-21-9-3-5-11-23(21)24/h2-13,16,27H,14-15,17-19H2,1H3. The van der Waals surface area contributed by atoms with Crippen molar-refractivity contribution < 1.29 is 0 Å². The van der Waals surface area contributed by atoms with E-state index >= 15 is 0 Å². The minimum atomic E-state index is 0.201. The molecule has 1 saturated heterocycles. The summed E-state index contributed by atoms with van der Waals surface area (Å²) < 4.78 is 0. The zero-order valence-electron chi connectivity index (χ0n) is 16.9. The Morgan fingerprint density at radius 2 is 1.55 bits per heavy atom. The van der Waals surface area contributed by atoms with Crippen LogP contribution in [0.1, 0.15) is 18.2 Å². The Bertz CT molecular complexity index is 1080. The number of fused-ring (bicyclic) bond motifs is 2. The highest BCUT2D eigenvalue weighted by molar-refractivity contribution is 6.02. The summed E-state index contributed by atoms with van der Waals surface area (Å²) in [7, 11) is 0. The highest BCUT2D eigenvalue weighted by Crippen LogP contribution is 2.32. The number of nitrogens with one attached hydrogen (secondary N) is 1. The molecule has 29 heavy (non-hydrogen) atoms. The van der Waals surface area contributed by atoms with Gasteiger partial charge in [0.2, 0.25) is 0 Å². The van der Waals surface area contributed by atoms with Crippen molar-refractivity contribution in [3.63, 3.8) is 0 Å². The molecule has 3 nitrogen and oxygen atoms in total. The van der Waals surface area contributed by atoms with Crippen molar-refractivity contribution in [2.75, 3.05) is 26.2 Å². The molecule has 0 aliphatic carbocycles. The van der Waals surface area contributed by atoms with Crippen LogP contribution in [0.2, 0.25) is 0 Å². The van der Waals surface area contributed by atoms with E-state index in [2.05, 4.69) is 88.9 Å². The highest BCUT2D eigenvalue weighted by Gasteiger charge is 2.40. The molecule has 3 aromatic carbocycles. The van der Waals surface area contributed by atoms with Crippen molar-refractivity contribution in [1.82, 2.24) is 15.2 Å². The average molecular weight is 382 g/mol. The summed E-state index contributed by atoms with van der Waals surface area (Å²) in [6, 6.07) is 26.0. The van der Waals surface area contributed by atoms with Gasteiger partial charge in [-0.2, -0.15) is 0 Å². The van der Waals surface area contributed by atoms with Gasteiger partial charge in [0, 0.05) is 50.0 Å². The van der Waals surface area contributed by atoms with Gasteiger partial charge in [0.25, 0.3) is 0 Å². The van der Waals surface area contributed by atoms with E-state index in [1.54, 1.807) is 0 Å². The van der Waals surface area contributed by atoms with Crippen LogP contribution in [0.15, 0.2) is 79.0 Å². The molecular formula is C26H27N3. The molecule has 0 atom stereocenters. The van der Waals surface area contributed by atoms with E-state index in [0.717, 1.165) is 32.7 Å². The second-order valence-corrected chi connectivity index (χ2v) is 8.46. The Labute approximate surface area is 172 Å². The first kappa shape index (κ1) is 18.3. The molecule has 0 bridgehead atoms. The topological polar surface area (TPSA) is 28.2 Å². The van der Waals surface area contributed by atoms with E-state index in [0.29, 0.717) is 0 Å². The number of nitrogens with zero attached hydrogens (tertiary/aromatic N) is 2. The first-order chi connectivity index (χ1) is 14.2. The number of likely N-dealkylation sites (tertiary alicyclic amines) is 1. The maximum absolute atomic E-state index is 4.56. The number of hydrogen-bond donors (Lipinski definition) is 1. The molecule has 0 amide bonds. The minimum Gasteiger partial charge on any atom is -0.311 e. The zero-order chi connectivity index (χ0) is 19.7. The second-order valence-electron chi connectivity index (χ2n) is 8.46. The monoisotopic (exact) mass is 381 g/mol. The highest BCUT2D eigenvalue weighted by atomic mass is 15.2. The van der Waals surface area contributed by atoms with E-state index < -0.39 is 0 Å². The molecule has 1 fully saturated rings. The fourth-order valence-electron chi connectivity index (χ4n) is 4.73. The minimum absolute atomic E-state index is 0.201. The van der Waals surface area contributed by atoms with Gasteiger partial charge in [0.05, 0.1) is 0 Å². The molecule has 1 N–H and O–H groups in total. The summed E-state index contributed by atoms with van der Waals surface area (Å²) in [6.07, 6.45) is 1.90. The molecule has 4 aromatic rings. The van der Waals surface area contributed by atoms with Crippen molar-refractivity contribution >= 4 is 21.5 Å². The van der Waals surface area contributed by atoms with E-state index in [4.69, 9.17) is 0 Å². The van der Waals surface area contributed by atoms with E-state index in [1.807, 2.05) is 12.3 Å². The number of rotatable bonds is 6. The molecule has 1 aliphatic heterocycles. The molecule has 0 unspecified atom stereocenters. The lowest BCUT2D eigenvalue weighted by molar-refractivity contribution is 0.0762. The van der Waals surface area contributed by atoms with Gasteiger partial charge in [0.1, 0.15) is 0 Å². The van der Waals surface area contributed by atoms with Gasteiger partial charge in [-0.1, -0.05) is 61.5 Å². The van der Waals surface area contributed by atoms with E-state index in [9.17, 15) is 0 Å². The molecule has 5 rings (SSSR count). The van der Waals surface area contributed by atoms with E-state index in [-0.39, 0.29) is 5.41 Å². The van der Waals surface area contributed by atoms with Gasteiger partial charge in [-0.3, -0.25) is 4.98 Å². The predicted molar refractivity (Wildman–Crippen MR) is 121 cm³/mol. The molecule has 3 heteroatoms. The third-order valence-electron chi connectivity index (χ3n) is 6.22. The quantitative estimate of drug-likeness (QED) is 0.386. The van der Waals surface area contributed by atoms with Crippen LogP contribution in [0.3, 0.4) is 0 Å². The van der Waals surface area contributed by atoms with Crippen molar-refractivity contribution in [3.05, 3.63) is 90.3 Å². The average Bonchev–Trinajstić information content (AvgIpc) is 2.75. The second kappa shape index (κ2) is 7.58. The van der Waals surface area contributed by atoms with Gasteiger partial charge < -0.3 is 10.2 Å². The molecule has 0 spiro atoms. The maximum atomic E-state index is 4.56. The predicted octanol–water partition coefficient (Wildman–Crippen LogP) is 4.75. The lowest BCUT2D eigenvalue weighted by atomic mass is 9.78. The summed E-state index contributed by atoms with van der Waals surface area (Å²) in [5.74, 6) is 0. The number of pyridine rings is 1. The largest absolute Gasteiger partial charge is 0.311 e. The molecule has 1 aliphatic rings. The number of benzene rings is 3. The SMILES string of the molecule is CC1(c2ccccn2)CN(CCNCc2c3ccccc3cc3ccccc23)C1. The maximum Gasteiger partial charge on any atom is 0.0488 e. The first-order valence-electron chi connectivity index (χ1n) is 10.5. The summed E-state index contributed by atoms with van der Waals surface area (Å²) in [5.41, 5.74) is 2.82. The Kier molecular flexibility index (Phi) is 4.78. The van der Waals surface area contributed by atoms with Gasteiger partial charge >= 0.3 is 0 Å². The zero-order valence-corrected chi connectivity index (χ0v) is 16.9. The van der Waals surface area contributed by atoms with Crippen molar-refractivity contribution in [2.24, 2.45) is 0 Å². The van der Waals surface area contributed by atoms with Crippen LogP contribution in [-0.2, 0) is 12.0 Å². The van der Waals surface area contributed by atoms with Gasteiger partial charge in [0.15, 0.2) is 0 Å². The van der Waals surface area contributed by atoms with Gasteiger partial charge in [-0.15, -0.1) is 0 Å². The molecule has 0 saturated carbocycles. The summed E-state index contributed by atoms with van der Waals surface area (Å²) in [6.45, 7) is 7.46. The number of aromatic nitrogens is 1. The Morgan fingerprint density at radius 3 is 2.21 bits per heavy atom. The normalized spacial score (nSPS) is 16.2. The van der Waals surface area contributed by atoms with Crippen molar-refractivity contribution in [3.8, 4) is 0 Å². The molecule has 2 heterocycles. The molecule has 146 valence electrons. The molecule has 1 aromatic heterocycles. The van der Waals surface area contributed by atoms with Crippen LogP contribution >= 0.6 is 0 Å². The Morgan fingerprint density at radius 1 is 0.897 bits per heavy atom. The van der Waals surface area contributed by atoms with Crippen LogP contribution in [0.25, 0.3) is 21.5 Å². The summed E-state index contributed by atoms with van der Waals surface area (Å²) >= 11 is 0. The van der Waals surface area contributed by atoms with Crippen LogP contribution < -0.4 is 5.32 Å². The third kappa shape index (κ3) is 3.52. The fraction of sp³-hybridized carbons (Fsp3) is 0.269. The van der Waals surface area contributed by atoms with Crippen LogP contribution in [-0.4, -0.2) is 36.1 Å². The fourth-order valence-corrected chi connectivity index (χ4v) is 4.73. The summed E-state index contributed by atoms with van der Waals surface area (Å²) in [5, 5.41) is 9.03. The van der Waals surface area contributed by atoms with Crippen molar-refractivity contribution in [2.45, 2.75) is 18.9 Å². The smallest absolute Gasteiger partial charge is 0.0488 e. The van der Waals surface area contributed by atoms with Crippen LogP contribution in [0.4, 0.5) is 0 Å². The Balaban J connectivity index is 1.23. The van der Waals surface area contributed by atoms with Gasteiger partial charge in [-0.25, -0.2) is 0 Å². The first-order valence-corrected chi connectivity index (χ1v) is 10.5. The van der Waals surface area contributed by atoms with Crippen LogP contribution in [0, 0.1) is 0 Å². The van der Waals surface area contributed by atoms with Crippen LogP contribution in [0.5, 0.6) is 0 Å². The summed E-state index contributed by atoms with van der Waals surface area (Å²) in [4.78, 5) is 7.08.